The van der Waals surface area contributed by atoms with E-state index in [0.29, 0.717) is 0 Å². The lowest BCUT2D eigenvalue weighted by Crippen LogP contribution is -2.36. The number of nitrogens with one attached hydrogen (secondary N) is 1. The van der Waals surface area contributed by atoms with E-state index in [9.17, 15) is 0 Å². The van der Waals surface area contributed by atoms with E-state index in [1.54, 1.807) is 7.11 Å². The number of methoxy groups -OCH3 is 1. The van der Waals surface area contributed by atoms with Crippen molar-refractivity contribution in [2.45, 2.75) is 46.1 Å². The van der Waals surface area contributed by atoms with Crippen molar-refractivity contribution in [2.24, 2.45) is 0 Å². The van der Waals surface area contributed by atoms with Gasteiger partial charge in [-0.2, -0.15) is 0 Å². The van der Waals surface area contributed by atoms with Gasteiger partial charge in [0.05, 0.1) is 18.8 Å². The average molecular weight is 308 g/mol. The minimum atomic E-state index is 0.776. The molecule has 0 atom stereocenters. The molecule has 0 spiro atoms. The molecule has 5 heteroatoms. The maximum atomic E-state index is 5.26. The van der Waals surface area contributed by atoms with Gasteiger partial charge in [-0.3, -0.25) is 4.90 Å². The van der Waals surface area contributed by atoms with E-state index < -0.39 is 0 Å². The number of rotatable bonds is 10. The minimum absolute atomic E-state index is 0.776. The summed E-state index contributed by atoms with van der Waals surface area (Å²) in [5.41, 5.74) is 2.67. The predicted octanol–water partition coefficient (Wildman–Crippen LogP) is 2.08. The van der Waals surface area contributed by atoms with Crippen molar-refractivity contribution in [3.8, 4) is 0 Å². The van der Waals surface area contributed by atoms with Gasteiger partial charge < -0.3 is 14.6 Å². The number of nitrogens with zero attached hydrogens (tertiary/aromatic N) is 3. The second-order valence-electron chi connectivity index (χ2n) is 6.11. The maximum absolute atomic E-state index is 5.26. The van der Waals surface area contributed by atoms with Crippen LogP contribution in [0, 0.1) is 0 Å². The van der Waals surface area contributed by atoms with Gasteiger partial charge in [0, 0.05) is 32.4 Å². The van der Waals surface area contributed by atoms with Crippen LogP contribution in [0.4, 0.5) is 0 Å². The van der Waals surface area contributed by atoms with Crippen LogP contribution in [0.2, 0.25) is 0 Å². The Kier molecular flexibility index (Phi) is 7.36. The summed E-state index contributed by atoms with van der Waals surface area (Å²) in [6, 6.07) is 0. The fourth-order valence-corrected chi connectivity index (χ4v) is 3.11. The molecule has 126 valence electrons. The molecule has 2 rings (SSSR count). The number of hydrogen-bond donors (Lipinski definition) is 1. The third-order valence-electron chi connectivity index (χ3n) is 4.62. The van der Waals surface area contributed by atoms with Crippen molar-refractivity contribution < 1.29 is 4.74 Å². The molecule has 0 fully saturated rings. The molecule has 0 unspecified atom stereocenters. The van der Waals surface area contributed by atoms with Gasteiger partial charge in [-0.25, -0.2) is 4.98 Å². The predicted molar refractivity (Wildman–Crippen MR) is 90.2 cm³/mol. The fraction of sp³-hybridized carbons (Fsp3) is 0.824. The van der Waals surface area contributed by atoms with Crippen LogP contribution in [0.25, 0.3) is 0 Å². The molecule has 0 aliphatic heterocycles. The van der Waals surface area contributed by atoms with Crippen LogP contribution >= 0.6 is 0 Å². The number of ether oxygens (including phenoxy) is 1. The molecule has 1 aromatic heterocycles. The average Bonchev–Trinajstić information content (AvgIpc) is 2.95. The van der Waals surface area contributed by atoms with Crippen molar-refractivity contribution in [3.05, 3.63) is 17.2 Å². The first-order valence-electron chi connectivity index (χ1n) is 8.77. The van der Waals surface area contributed by atoms with E-state index >= 15 is 0 Å². The molecule has 0 radical (unpaired) electrons. The quantitative estimate of drug-likeness (QED) is 0.719. The van der Waals surface area contributed by atoms with Crippen LogP contribution in [0.3, 0.4) is 0 Å². The summed E-state index contributed by atoms with van der Waals surface area (Å²) < 4.78 is 5.26. The van der Waals surface area contributed by atoms with Gasteiger partial charge in [-0.05, 0) is 38.8 Å². The number of likely N-dealkylation sites (N-methyl/N-ethyl adjacent to an activating group) is 1. The van der Waals surface area contributed by atoms with Gasteiger partial charge in [0.15, 0.2) is 0 Å². The third-order valence-corrected chi connectivity index (χ3v) is 4.62. The lowest BCUT2D eigenvalue weighted by molar-refractivity contribution is 0.132. The molecule has 1 heterocycles. The minimum Gasteiger partial charge on any atom is -0.383 e. The molecule has 0 aromatic carbocycles. The molecule has 5 nitrogen and oxygen atoms in total. The first-order valence-corrected chi connectivity index (χ1v) is 8.77. The highest BCUT2D eigenvalue weighted by molar-refractivity contribution is 5.17. The Morgan fingerprint density at radius 1 is 1.05 bits per heavy atom. The lowest BCUT2D eigenvalue weighted by atomic mass is 10.0. The summed E-state index contributed by atoms with van der Waals surface area (Å²) in [4.78, 5) is 13.3. The van der Waals surface area contributed by atoms with Crippen LogP contribution < -0.4 is 0 Å². The Hall–Kier alpha value is -0.910. The highest BCUT2D eigenvalue weighted by atomic mass is 16.5. The normalized spacial score (nSPS) is 14.8. The van der Waals surface area contributed by atoms with E-state index in [0.717, 1.165) is 58.1 Å². The second-order valence-corrected chi connectivity index (χ2v) is 6.11. The Labute approximate surface area is 135 Å². The topological polar surface area (TPSA) is 44.4 Å². The number of H-pyrrole nitrogens is 1. The zero-order valence-electron chi connectivity index (χ0n) is 14.5. The Morgan fingerprint density at radius 2 is 1.77 bits per heavy atom. The van der Waals surface area contributed by atoms with Crippen LogP contribution in [0.15, 0.2) is 0 Å². The summed E-state index contributed by atoms with van der Waals surface area (Å²) in [5, 5.41) is 0. The van der Waals surface area contributed by atoms with Crippen LogP contribution in [-0.2, 0) is 24.1 Å². The molecule has 1 aliphatic rings. The van der Waals surface area contributed by atoms with Gasteiger partial charge >= 0.3 is 0 Å². The highest BCUT2D eigenvalue weighted by Crippen LogP contribution is 2.19. The SMILES string of the molecule is CCN(CC)CCN(CCOC)Cc1nc2c([nH]1)CCCC2. The van der Waals surface area contributed by atoms with Crippen LogP contribution in [-0.4, -0.2) is 66.2 Å². The number of imidazole rings is 1. The van der Waals surface area contributed by atoms with Crippen molar-refractivity contribution in [1.82, 2.24) is 19.8 Å². The van der Waals surface area contributed by atoms with Crippen molar-refractivity contribution in [1.29, 1.82) is 0 Å². The fourth-order valence-electron chi connectivity index (χ4n) is 3.11. The summed E-state index contributed by atoms with van der Waals surface area (Å²) >= 11 is 0. The Morgan fingerprint density at radius 3 is 2.45 bits per heavy atom. The number of hydrogen-bond acceptors (Lipinski definition) is 4. The third kappa shape index (κ3) is 5.07. The number of aromatic amines is 1. The van der Waals surface area contributed by atoms with E-state index in [1.807, 2.05) is 0 Å². The van der Waals surface area contributed by atoms with E-state index in [1.165, 1.54) is 30.7 Å². The molecular weight excluding hydrogens is 276 g/mol. The Balaban J connectivity index is 1.91. The largest absolute Gasteiger partial charge is 0.383 e. The second kappa shape index (κ2) is 9.28. The number of aromatic nitrogens is 2. The highest BCUT2D eigenvalue weighted by Gasteiger charge is 2.16. The first kappa shape index (κ1) is 17.4. The molecule has 0 amide bonds. The molecule has 1 aromatic rings. The monoisotopic (exact) mass is 308 g/mol. The standard InChI is InChI=1S/C17H32N4O/c1-4-20(5-2)10-11-21(12-13-22-3)14-17-18-15-8-6-7-9-16(15)19-17/h4-14H2,1-3H3,(H,18,19). The molecule has 0 saturated carbocycles. The molecule has 0 bridgehead atoms. The molecular formula is C17H32N4O. The van der Waals surface area contributed by atoms with Gasteiger partial charge in [0.2, 0.25) is 0 Å². The van der Waals surface area contributed by atoms with Gasteiger partial charge in [-0.15, -0.1) is 0 Å². The van der Waals surface area contributed by atoms with Crippen LogP contribution in [0.1, 0.15) is 43.9 Å². The van der Waals surface area contributed by atoms with Gasteiger partial charge in [0.1, 0.15) is 5.82 Å². The number of aryl methyl sites for hydroxylation is 2. The molecule has 1 N–H and O–H groups in total. The van der Waals surface area contributed by atoms with Crippen molar-refractivity contribution in [2.75, 3.05) is 46.4 Å². The van der Waals surface area contributed by atoms with E-state index in [-0.39, 0.29) is 0 Å². The first-order chi connectivity index (χ1) is 10.8. The van der Waals surface area contributed by atoms with Gasteiger partial charge in [0.25, 0.3) is 0 Å². The summed E-state index contributed by atoms with van der Waals surface area (Å²) in [7, 11) is 1.77. The zero-order chi connectivity index (χ0) is 15.8. The van der Waals surface area contributed by atoms with Crippen LogP contribution in [0.5, 0.6) is 0 Å². The summed E-state index contributed by atoms with van der Waals surface area (Å²) in [6.45, 7) is 11.5. The van der Waals surface area contributed by atoms with Crippen molar-refractivity contribution >= 4 is 0 Å². The zero-order valence-corrected chi connectivity index (χ0v) is 14.5. The van der Waals surface area contributed by atoms with E-state index in [4.69, 9.17) is 9.72 Å². The number of fused-ring (bicyclic) bond motifs is 1. The summed E-state index contributed by atoms with van der Waals surface area (Å²) in [6.07, 6.45) is 4.89. The lowest BCUT2D eigenvalue weighted by Gasteiger charge is -2.25. The van der Waals surface area contributed by atoms with Gasteiger partial charge in [-0.1, -0.05) is 13.8 Å². The maximum Gasteiger partial charge on any atom is 0.120 e. The summed E-state index contributed by atoms with van der Waals surface area (Å²) in [5.74, 6) is 1.13. The molecule has 0 saturated heterocycles. The smallest absolute Gasteiger partial charge is 0.120 e. The molecule has 22 heavy (non-hydrogen) atoms. The van der Waals surface area contributed by atoms with Crippen molar-refractivity contribution in [3.63, 3.8) is 0 Å². The molecule has 1 aliphatic carbocycles. The van der Waals surface area contributed by atoms with E-state index in [2.05, 4.69) is 28.6 Å². The Bertz CT molecular complexity index is 405.